The van der Waals surface area contributed by atoms with E-state index in [0.717, 1.165) is 32.7 Å². The first-order valence-corrected chi connectivity index (χ1v) is 8.82. The zero-order valence-electron chi connectivity index (χ0n) is 16.3. The summed E-state index contributed by atoms with van der Waals surface area (Å²) in [6.45, 7) is 3.91. The number of aryl methyl sites for hydroxylation is 2. The van der Waals surface area contributed by atoms with Gasteiger partial charge in [0.05, 0.1) is 11.1 Å². The molecular formula is C24H20CdO4. The number of benzene rings is 4. The average Bonchev–Trinajstić information content (AvgIpc) is 2.67. The molecule has 0 heterocycles. The van der Waals surface area contributed by atoms with Gasteiger partial charge >= 0.3 is 11.9 Å². The molecule has 0 aliphatic rings. The van der Waals surface area contributed by atoms with Gasteiger partial charge in [-0.15, -0.1) is 0 Å². The fourth-order valence-electron chi connectivity index (χ4n) is 3.15. The third kappa shape index (κ3) is 5.20. The van der Waals surface area contributed by atoms with Crippen LogP contribution in [-0.4, -0.2) is 22.2 Å². The number of carboxylic acids is 2. The molecule has 0 aliphatic heterocycles. The monoisotopic (exact) mass is 486 g/mol. The van der Waals surface area contributed by atoms with Gasteiger partial charge in [0.2, 0.25) is 0 Å². The van der Waals surface area contributed by atoms with Gasteiger partial charge in [0.25, 0.3) is 0 Å². The Bertz CT molecular complexity index is 1100. The number of fused-ring (bicyclic) bond motifs is 2. The van der Waals surface area contributed by atoms with E-state index in [-0.39, 0.29) is 27.3 Å². The zero-order valence-corrected chi connectivity index (χ0v) is 20.4. The first-order chi connectivity index (χ1) is 13.4. The van der Waals surface area contributed by atoms with Crippen molar-refractivity contribution < 1.29 is 47.1 Å². The summed E-state index contributed by atoms with van der Waals surface area (Å²) in [6.07, 6.45) is 0. The molecule has 0 saturated heterocycles. The quantitative estimate of drug-likeness (QED) is 0.358. The number of hydrogen-bond donors (Lipinski definition) is 2. The van der Waals surface area contributed by atoms with Crippen molar-refractivity contribution in [3.8, 4) is 0 Å². The van der Waals surface area contributed by atoms with E-state index in [0.29, 0.717) is 11.1 Å². The Morgan fingerprint density at radius 1 is 0.621 bits per heavy atom. The Kier molecular flexibility index (Phi) is 7.50. The van der Waals surface area contributed by atoms with Crippen molar-refractivity contribution in [3.05, 3.63) is 95.1 Å². The van der Waals surface area contributed by atoms with Crippen LogP contribution in [0.4, 0.5) is 0 Å². The minimum Gasteiger partial charge on any atom is -0.478 e. The summed E-state index contributed by atoms with van der Waals surface area (Å²) in [6, 6.07) is 22.3. The van der Waals surface area contributed by atoms with E-state index in [1.54, 1.807) is 24.3 Å². The molecule has 4 nitrogen and oxygen atoms in total. The number of carbonyl (C=O) groups is 2. The van der Waals surface area contributed by atoms with Crippen LogP contribution in [0.25, 0.3) is 21.5 Å². The molecule has 4 aromatic rings. The molecule has 0 unspecified atom stereocenters. The summed E-state index contributed by atoms with van der Waals surface area (Å²) in [4.78, 5) is 21.9. The maximum atomic E-state index is 10.9. The van der Waals surface area contributed by atoms with Gasteiger partial charge in [-0.1, -0.05) is 71.8 Å². The third-order valence-corrected chi connectivity index (χ3v) is 4.54. The molecule has 2 N–H and O–H groups in total. The van der Waals surface area contributed by atoms with Crippen molar-refractivity contribution in [1.29, 1.82) is 0 Å². The van der Waals surface area contributed by atoms with E-state index in [2.05, 4.69) is 0 Å². The van der Waals surface area contributed by atoms with E-state index < -0.39 is 11.9 Å². The van der Waals surface area contributed by atoms with Crippen molar-refractivity contribution >= 4 is 33.5 Å². The molecular weight excluding hydrogens is 465 g/mol. The SMILES string of the molecule is Cc1ccc2cccc(C(=O)O)c2c1.Cc1ccc2cccc(C(=O)O)c2c1.[Cd]. The van der Waals surface area contributed by atoms with Crippen LogP contribution in [0.1, 0.15) is 31.8 Å². The van der Waals surface area contributed by atoms with Crippen LogP contribution in [0, 0.1) is 13.8 Å². The molecule has 4 rings (SSSR count). The molecule has 0 fully saturated rings. The van der Waals surface area contributed by atoms with Gasteiger partial charge in [0.1, 0.15) is 0 Å². The molecule has 0 bridgehead atoms. The van der Waals surface area contributed by atoms with Gasteiger partial charge in [-0.25, -0.2) is 9.59 Å². The van der Waals surface area contributed by atoms with Crippen LogP contribution < -0.4 is 0 Å². The van der Waals surface area contributed by atoms with Crippen LogP contribution in [0.3, 0.4) is 0 Å². The maximum absolute atomic E-state index is 10.9. The summed E-state index contributed by atoms with van der Waals surface area (Å²) in [5, 5.41) is 21.5. The minimum atomic E-state index is -0.874. The number of rotatable bonds is 2. The van der Waals surface area contributed by atoms with Crippen LogP contribution in [0.5, 0.6) is 0 Å². The van der Waals surface area contributed by atoms with Gasteiger partial charge in [-0.2, -0.15) is 0 Å². The predicted octanol–water partition coefficient (Wildman–Crippen LogP) is 5.69. The Labute approximate surface area is 189 Å². The Balaban J connectivity index is 0.000000200. The molecule has 0 spiro atoms. The van der Waals surface area contributed by atoms with Gasteiger partial charge in [-0.05, 0) is 47.5 Å². The second-order valence-corrected chi connectivity index (χ2v) is 6.67. The van der Waals surface area contributed by atoms with Crippen LogP contribution in [0.2, 0.25) is 0 Å². The van der Waals surface area contributed by atoms with Crippen molar-refractivity contribution in [2.45, 2.75) is 13.8 Å². The maximum Gasteiger partial charge on any atom is 0.336 e. The molecule has 142 valence electrons. The van der Waals surface area contributed by atoms with Crippen molar-refractivity contribution in [2.75, 3.05) is 0 Å². The molecule has 0 amide bonds. The summed E-state index contributed by atoms with van der Waals surface area (Å²) < 4.78 is 0. The van der Waals surface area contributed by atoms with E-state index in [1.807, 2.05) is 62.4 Å². The fraction of sp³-hybridized carbons (Fsp3) is 0.0833. The Morgan fingerprint density at radius 2 is 1.00 bits per heavy atom. The van der Waals surface area contributed by atoms with E-state index in [9.17, 15) is 9.59 Å². The fourth-order valence-corrected chi connectivity index (χ4v) is 3.15. The van der Waals surface area contributed by atoms with Gasteiger partial charge in [0, 0.05) is 27.3 Å². The topological polar surface area (TPSA) is 74.6 Å². The molecule has 0 saturated carbocycles. The summed E-state index contributed by atoms with van der Waals surface area (Å²) >= 11 is 0. The summed E-state index contributed by atoms with van der Waals surface area (Å²) in [7, 11) is 0. The summed E-state index contributed by atoms with van der Waals surface area (Å²) in [5.41, 5.74) is 2.88. The Morgan fingerprint density at radius 3 is 1.34 bits per heavy atom. The first kappa shape index (κ1) is 22.6. The zero-order chi connectivity index (χ0) is 20.3. The molecule has 0 radical (unpaired) electrons. The molecule has 0 aliphatic carbocycles. The predicted molar refractivity (Wildman–Crippen MR) is 111 cm³/mol. The minimum absolute atomic E-state index is 0. The second-order valence-electron chi connectivity index (χ2n) is 6.67. The van der Waals surface area contributed by atoms with Gasteiger partial charge in [-0.3, -0.25) is 0 Å². The van der Waals surface area contributed by atoms with Crippen LogP contribution >= 0.6 is 0 Å². The van der Waals surface area contributed by atoms with Crippen LogP contribution in [0.15, 0.2) is 72.8 Å². The summed E-state index contributed by atoms with van der Waals surface area (Å²) in [5.74, 6) is -1.75. The normalized spacial score (nSPS) is 10.0. The number of aromatic carboxylic acids is 2. The third-order valence-electron chi connectivity index (χ3n) is 4.54. The van der Waals surface area contributed by atoms with E-state index in [1.165, 1.54) is 0 Å². The van der Waals surface area contributed by atoms with Crippen molar-refractivity contribution in [1.82, 2.24) is 0 Å². The molecule has 0 aromatic heterocycles. The molecule has 29 heavy (non-hydrogen) atoms. The van der Waals surface area contributed by atoms with Gasteiger partial charge < -0.3 is 10.2 Å². The number of carboxylic acid groups (broad SMARTS) is 2. The van der Waals surface area contributed by atoms with Gasteiger partial charge in [0.15, 0.2) is 0 Å². The van der Waals surface area contributed by atoms with Crippen molar-refractivity contribution in [3.63, 3.8) is 0 Å². The molecule has 0 atom stereocenters. The standard InChI is InChI=1S/2C12H10O2.Cd/c2*1-8-5-6-9-3-2-4-10(12(13)14)11(9)7-8;/h2*2-7H,1H3,(H,13,14);. The largest absolute Gasteiger partial charge is 0.478 e. The number of hydrogen-bond acceptors (Lipinski definition) is 2. The van der Waals surface area contributed by atoms with E-state index in [4.69, 9.17) is 10.2 Å². The van der Waals surface area contributed by atoms with Crippen molar-refractivity contribution in [2.24, 2.45) is 0 Å². The van der Waals surface area contributed by atoms with Crippen LogP contribution in [-0.2, 0) is 27.3 Å². The second kappa shape index (κ2) is 9.65. The first-order valence-electron chi connectivity index (χ1n) is 8.82. The smallest absolute Gasteiger partial charge is 0.336 e. The Hall–Kier alpha value is -2.74. The average molecular weight is 485 g/mol. The molecule has 5 heteroatoms. The molecule has 4 aromatic carbocycles. The van der Waals surface area contributed by atoms with E-state index >= 15 is 0 Å².